The number of benzene rings is 1. The van der Waals surface area contributed by atoms with Crippen LogP contribution in [0.1, 0.15) is 29.3 Å². The average Bonchev–Trinajstić information content (AvgIpc) is 2.81. The number of hydrogen-bond donors (Lipinski definition) is 3. The number of hydrogen-bond acceptors (Lipinski definition) is 4. The number of carbonyl (C=O) groups is 2. The van der Waals surface area contributed by atoms with Crippen LogP contribution in [-0.2, 0) is 16.0 Å². The average molecular weight is 292 g/mol. The summed E-state index contributed by atoms with van der Waals surface area (Å²) >= 11 is 0. The summed E-state index contributed by atoms with van der Waals surface area (Å²) in [5, 5.41) is 15.5. The van der Waals surface area contributed by atoms with Crippen molar-refractivity contribution in [3.63, 3.8) is 0 Å². The van der Waals surface area contributed by atoms with Gasteiger partial charge in [0.15, 0.2) is 0 Å². The molecule has 0 spiro atoms. The van der Waals surface area contributed by atoms with Crippen LogP contribution in [0.2, 0.25) is 0 Å². The Morgan fingerprint density at radius 1 is 1.52 bits per heavy atom. The lowest BCUT2D eigenvalue weighted by Crippen LogP contribution is -2.41. The minimum Gasteiger partial charge on any atom is -0.388 e. The highest BCUT2D eigenvalue weighted by molar-refractivity contribution is 6.02. The van der Waals surface area contributed by atoms with Gasteiger partial charge >= 0.3 is 0 Å². The number of aliphatic hydroxyl groups is 1. The Kier molecular flexibility index (Phi) is 4.59. The Morgan fingerprint density at radius 2 is 2.29 bits per heavy atom. The van der Waals surface area contributed by atoms with Crippen molar-refractivity contribution in [2.75, 3.05) is 25.6 Å². The van der Waals surface area contributed by atoms with Gasteiger partial charge in [-0.15, -0.1) is 0 Å². The van der Waals surface area contributed by atoms with Crippen LogP contribution in [0.4, 0.5) is 5.69 Å². The van der Waals surface area contributed by atoms with Crippen LogP contribution in [0.5, 0.6) is 0 Å². The zero-order chi connectivity index (χ0) is 15.5. The molecule has 1 heterocycles. The SMILES string of the molecule is COCCC(C)(O)CNC(=O)c1ccc2c(c1)NC(=O)C2. The summed E-state index contributed by atoms with van der Waals surface area (Å²) in [4.78, 5) is 23.4. The van der Waals surface area contributed by atoms with Gasteiger partial charge in [-0.2, -0.15) is 0 Å². The summed E-state index contributed by atoms with van der Waals surface area (Å²) in [5.74, 6) is -0.346. The summed E-state index contributed by atoms with van der Waals surface area (Å²) < 4.78 is 4.92. The summed E-state index contributed by atoms with van der Waals surface area (Å²) in [6.07, 6.45) is 0.785. The molecule has 0 aromatic heterocycles. The molecule has 0 bridgehead atoms. The smallest absolute Gasteiger partial charge is 0.251 e. The highest BCUT2D eigenvalue weighted by Gasteiger charge is 2.22. The standard InChI is InChI=1S/C15H20N2O4/c1-15(20,5-6-21-2)9-16-14(19)11-4-3-10-8-13(18)17-12(10)7-11/h3-4,7,20H,5-6,8-9H2,1-2H3,(H,16,19)(H,17,18). The van der Waals surface area contributed by atoms with Gasteiger partial charge in [0.25, 0.3) is 5.91 Å². The summed E-state index contributed by atoms with van der Waals surface area (Å²) in [6.45, 7) is 2.21. The monoisotopic (exact) mass is 292 g/mol. The first kappa shape index (κ1) is 15.5. The maximum absolute atomic E-state index is 12.1. The zero-order valence-electron chi connectivity index (χ0n) is 12.2. The fourth-order valence-electron chi connectivity index (χ4n) is 2.14. The van der Waals surface area contributed by atoms with Gasteiger partial charge in [-0.1, -0.05) is 6.07 Å². The van der Waals surface area contributed by atoms with E-state index in [1.54, 1.807) is 32.2 Å². The molecular formula is C15H20N2O4. The first-order valence-corrected chi connectivity index (χ1v) is 6.83. The molecule has 21 heavy (non-hydrogen) atoms. The van der Waals surface area contributed by atoms with Crippen LogP contribution < -0.4 is 10.6 Å². The van der Waals surface area contributed by atoms with Crippen LogP contribution in [-0.4, -0.2) is 42.8 Å². The highest BCUT2D eigenvalue weighted by atomic mass is 16.5. The van der Waals surface area contributed by atoms with Crippen molar-refractivity contribution >= 4 is 17.5 Å². The Balaban J connectivity index is 1.95. The van der Waals surface area contributed by atoms with E-state index >= 15 is 0 Å². The van der Waals surface area contributed by atoms with E-state index in [1.165, 1.54) is 0 Å². The molecule has 0 saturated heterocycles. The van der Waals surface area contributed by atoms with Gasteiger partial charge < -0.3 is 20.5 Å². The molecule has 0 aliphatic carbocycles. The van der Waals surface area contributed by atoms with Gasteiger partial charge in [0.1, 0.15) is 0 Å². The van der Waals surface area contributed by atoms with E-state index in [0.29, 0.717) is 30.7 Å². The van der Waals surface area contributed by atoms with E-state index in [1.807, 2.05) is 0 Å². The molecule has 0 fully saturated rings. The molecule has 1 aromatic carbocycles. The number of carbonyl (C=O) groups excluding carboxylic acids is 2. The molecule has 1 aliphatic heterocycles. The van der Waals surface area contributed by atoms with Gasteiger partial charge in [0.05, 0.1) is 12.0 Å². The molecule has 114 valence electrons. The van der Waals surface area contributed by atoms with Crippen LogP contribution in [0.15, 0.2) is 18.2 Å². The van der Waals surface area contributed by atoms with Crippen molar-refractivity contribution in [3.05, 3.63) is 29.3 Å². The van der Waals surface area contributed by atoms with Crippen LogP contribution >= 0.6 is 0 Å². The number of fused-ring (bicyclic) bond motifs is 1. The number of amides is 2. The Hall–Kier alpha value is -1.92. The third kappa shape index (κ3) is 4.03. The molecule has 1 atom stereocenters. The van der Waals surface area contributed by atoms with E-state index in [9.17, 15) is 14.7 Å². The van der Waals surface area contributed by atoms with Crippen LogP contribution in [0.3, 0.4) is 0 Å². The normalized spacial score (nSPS) is 16.0. The van der Waals surface area contributed by atoms with E-state index in [0.717, 1.165) is 5.56 Å². The third-order valence-electron chi connectivity index (χ3n) is 3.47. The predicted molar refractivity (Wildman–Crippen MR) is 78.2 cm³/mol. The quantitative estimate of drug-likeness (QED) is 0.720. The van der Waals surface area contributed by atoms with Crippen molar-refractivity contribution in [2.45, 2.75) is 25.4 Å². The number of rotatable bonds is 6. The lowest BCUT2D eigenvalue weighted by atomic mass is 10.0. The molecular weight excluding hydrogens is 272 g/mol. The number of ether oxygens (including phenoxy) is 1. The molecule has 1 aliphatic rings. The van der Waals surface area contributed by atoms with Gasteiger partial charge in [-0.05, 0) is 24.6 Å². The minimum atomic E-state index is -1.02. The molecule has 2 amide bonds. The van der Waals surface area contributed by atoms with Gasteiger partial charge in [0, 0.05) is 37.9 Å². The largest absolute Gasteiger partial charge is 0.388 e. The van der Waals surface area contributed by atoms with Crippen molar-refractivity contribution in [1.82, 2.24) is 5.32 Å². The topological polar surface area (TPSA) is 87.7 Å². The maximum Gasteiger partial charge on any atom is 0.251 e. The van der Waals surface area contributed by atoms with Crippen LogP contribution in [0.25, 0.3) is 0 Å². The second-order valence-corrected chi connectivity index (χ2v) is 5.52. The Labute approximate surface area is 123 Å². The van der Waals surface area contributed by atoms with Gasteiger partial charge in [-0.25, -0.2) is 0 Å². The molecule has 2 rings (SSSR count). The number of nitrogens with one attached hydrogen (secondary N) is 2. The summed E-state index contributed by atoms with van der Waals surface area (Å²) in [7, 11) is 1.56. The van der Waals surface area contributed by atoms with Crippen molar-refractivity contribution in [3.8, 4) is 0 Å². The second kappa shape index (κ2) is 6.24. The number of anilines is 1. The van der Waals surface area contributed by atoms with Gasteiger partial charge in [-0.3, -0.25) is 9.59 Å². The van der Waals surface area contributed by atoms with Crippen molar-refractivity contribution in [1.29, 1.82) is 0 Å². The molecule has 6 nitrogen and oxygen atoms in total. The van der Waals surface area contributed by atoms with Crippen LogP contribution in [0, 0.1) is 0 Å². The maximum atomic E-state index is 12.1. The fraction of sp³-hybridized carbons (Fsp3) is 0.467. The lowest BCUT2D eigenvalue weighted by molar-refractivity contribution is -0.115. The second-order valence-electron chi connectivity index (χ2n) is 5.52. The molecule has 3 N–H and O–H groups in total. The number of methoxy groups -OCH3 is 1. The van der Waals surface area contributed by atoms with Crippen molar-refractivity contribution < 1.29 is 19.4 Å². The van der Waals surface area contributed by atoms with Gasteiger partial charge in [0.2, 0.25) is 5.91 Å². The summed E-state index contributed by atoms with van der Waals surface area (Å²) in [6, 6.07) is 5.10. The first-order chi connectivity index (χ1) is 9.91. The van der Waals surface area contributed by atoms with E-state index < -0.39 is 5.60 Å². The Bertz CT molecular complexity index is 555. The van der Waals surface area contributed by atoms with E-state index in [4.69, 9.17) is 4.74 Å². The summed E-state index contributed by atoms with van der Waals surface area (Å²) in [5.41, 5.74) is 1.01. The highest BCUT2D eigenvalue weighted by Crippen LogP contribution is 2.24. The molecule has 1 unspecified atom stereocenters. The minimum absolute atomic E-state index is 0.0648. The molecule has 0 radical (unpaired) electrons. The molecule has 0 saturated carbocycles. The first-order valence-electron chi connectivity index (χ1n) is 6.83. The molecule has 6 heteroatoms. The van der Waals surface area contributed by atoms with Crippen molar-refractivity contribution in [2.24, 2.45) is 0 Å². The Morgan fingerprint density at radius 3 is 3.00 bits per heavy atom. The predicted octanol–water partition coefficient (Wildman–Crippen LogP) is 0.698. The lowest BCUT2D eigenvalue weighted by Gasteiger charge is -2.23. The third-order valence-corrected chi connectivity index (χ3v) is 3.47. The zero-order valence-corrected chi connectivity index (χ0v) is 12.2. The fourth-order valence-corrected chi connectivity index (χ4v) is 2.14. The van der Waals surface area contributed by atoms with E-state index in [-0.39, 0.29) is 18.4 Å². The molecule has 1 aromatic rings. The van der Waals surface area contributed by atoms with E-state index in [2.05, 4.69) is 10.6 Å².